The molecule has 2 heterocycles. The summed E-state index contributed by atoms with van der Waals surface area (Å²) < 4.78 is 2.87. The summed E-state index contributed by atoms with van der Waals surface area (Å²) in [6, 6.07) is 26.2. The monoisotopic (exact) mass is 562 g/mol. The van der Waals surface area contributed by atoms with Crippen molar-refractivity contribution in [2.45, 2.75) is 44.4 Å². The zero-order valence-corrected chi connectivity index (χ0v) is 22.2. The van der Waals surface area contributed by atoms with E-state index in [2.05, 4.69) is 50.1 Å². The van der Waals surface area contributed by atoms with Crippen LogP contribution in [0.4, 0.5) is 4.79 Å². The highest BCUT2D eigenvalue weighted by Gasteiger charge is 2.33. The van der Waals surface area contributed by atoms with Crippen molar-refractivity contribution < 1.29 is 9.90 Å². The first-order valence-electron chi connectivity index (χ1n) is 12.7. The number of amides is 1. The lowest BCUT2D eigenvalue weighted by Gasteiger charge is -2.39. The zero-order chi connectivity index (χ0) is 25.8. The number of fused-ring (bicyclic) bond motifs is 1. The number of nitrogens with one attached hydrogen (secondary N) is 1. The number of rotatable bonds is 8. The summed E-state index contributed by atoms with van der Waals surface area (Å²) in [4.78, 5) is 31.8. The molecule has 0 radical (unpaired) electrons. The number of imidazole rings is 1. The Kier molecular flexibility index (Phi) is 7.76. The Labute approximate surface area is 224 Å². The number of carboxylic acid groups (broad SMARTS) is 1. The Bertz CT molecular complexity index is 1400. The van der Waals surface area contributed by atoms with Gasteiger partial charge in [0.2, 0.25) is 0 Å². The minimum absolute atomic E-state index is 0.0432. The van der Waals surface area contributed by atoms with Crippen LogP contribution in [-0.2, 0) is 13.1 Å². The van der Waals surface area contributed by atoms with E-state index in [1.807, 2.05) is 59.2 Å². The molecule has 0 saturated carbocycles. The fourth-order valence-electron chi connectivity index (χ4n) is 5.46. The molecule has 0 bridgehead atoms. The number of piperidine rings is 1. The Morgan fingerprint density at radius 1 is 0.973 bits per heavy atom. The van der Waals surface area contributed by atoms with Crippen LogP contribution in [0.25, 0.3) is 11.0 Å². The standard InChI is InChI=1S/C29H31BrN4O3/c30-23-12-10-22(11-13-23)20-32(19-21-6-2-1-3-7-21)16-14-24-18-25(15-17-33(24)29(36)37)34-27-9-5-4-8-26(27)31-28(34)35/h1-13,24-25H,14-20H2,(H,31,35)(H,36,37). The highest BCUT2D eigenvalue weighted by molar-refractivity contribution is 9.10. The van der Waals surface area contributed by atoms with Gasteiger partial charge in [-0.2, -0.15) is 0 Å². The molecule has 2 atom stereocenters. The summed E-state index contributed by atoms with van der Waals surface area (Å²) in [5.74, 6) is 0. The third-order valence-corrected chi connectivity index (χ3v) is 7.80. The maximum atomic E-state index is 12.8. The van der Waals surface area contributed by atoms with Crippen molar-refractivity contribution in [3.63, 3.8) is 0 Å². The molecule has 1 aliphatic rings. The van der Waals surface area contributed by atoms with Gasteiger partial charge in [-0.05, 0) is 54.7 Å². The average Bonchev–Trinajstić information content (AvgIpc) is 3.24. The first-order valence-corrected chi connectivity index (χ1v) is 13.5. The van der Waals surface area contributed by atoms with E-state index < -0.39 is 6.09 Å². The molecule has 7 nitrogen and oxygen atoms in total. The van der Waals surface area contributed by atoms with Gasteiger partial charge in [0.1, 0.15) is 0 Å². The lowest BCUT2D eigenvalue weighted by atomic mass is 9.94. The molecule has 1 amide bonds. The summed E-state index contributed by atoms with van der Waals surface area (Å²) in [7, 11) is 0. The summed E-state index contributed by atoms with van der Waals surface area (Å²) in [6.45, 7) is 2.71. The lowest BCUT2D eigenvalue weighted by Crippen LogP contribution is -2.48. The van der Waals surface area contributed by atoms with Gasteiger partial charge in [0.25, 0.3) is 0 Å². The number of H-pyrrole nitrogens is 1. The van der Waals surface area contributed by atoms with Crippen LogP contribution in [0.1, 0.15) is 36.4 Å². The number of nitrogens with zero attached hydrogens (tertiary/aromatic N) is 3. The van der Waals surface area contributed by atoms with Crippen molar-refractivity contribution in [2.75, 3.05) is 13.1 Å². The molecule has 0 aliphatic carbocycles. The second-order valence-corrected chi connectivity index (χ2v) is 10.7. The van der Waals surface area contributed by atoms with Crippen LogP contribution >= 0.6 is 15.9 Å². The van der Waals surface area contributed by atoms with E-state index in [4.69, 9.17) is 0 Å². The number of carbonyl (C=O) groups is 1. The molecule has 1 saturated heterocycles. The Hall–Kier alpha value is -3.36. The average molecular weight is 563 g/mol. The zero-order valence-electron chi connectivity index (χ0n) is 20.6. The van der Waals surface area contributed by atoms with Crippen LogP contribution in [0.15, 0.2) is 88.1 Å². The Morgan fingerprint density at radius 3 is 2.38 bits per heavy atom. The van der Waals surface area contributed by atoms with Gasteiger partial charge in [-0.15, -0.1) is 0 Å². The molecule has 37 heavy (non-hydrogen) atoms. The first kappa shape index (κ1) is 25.3. The minimum Gasteiger partial charge on any atom is -0.465 e. The van der Waals surface area contributed by atoms with Crippen LogP contribution in [0.2, 0.25) is 0 Å². The van der Waals surface area contributed by atoms with Crippen molar-refractivity contribution in [3.8, 4) is 0 Å². The highest BCUT2D eigenvalue weighted by atomic mass is 79.9. The van der Waals surface area contributed by atoms with Crippen LogP contribution in [0.3, 0.4) is 0 Å². The molecular weight excluding hydrogens is 532 g/mol. The van der Waals surface area contributed by atoms with Gasteiger partial charge in [-0.1, -0.05) is 70.5 Å². The predicted molar refractivity (Wildman–Crippen MR) is 149 cm³/mol. The summed E-state index contributed by atoms with van der Waals surface area (Å²) in [5.41, 5.74) is 3.99. The first-order chi connectivity index (χ1) is 18.0. The number of hydrogen-bond donors (Lipinski definition) is 2. The number of para-hydroxylation sites is 2. The lowest BCUT2D eigenvalue weighted by molar-refractivity contribution is 0.0812. The number of benzene rings is 3. The molecule has 3 aromatic carbocycles. The third-order valence-electron chi connectivity index (χ3n) is 7.27. The van der Waals surface area contributed by atoms with Crippen molar-refractivity contribution in [1.82, 2.24) is 19.4 Å². The molecule has 2 unspecified atom stereocenters. The molecule has 1 aromatic heterocycles. The third kappa shape index (κ3) is 5.97. The van der Waals surface area contributed by atoms with Crippen molar-refractivity contribution in [2.24, 2.45) is 0 Å². The number of aromatic nitrogens is 2. The fourth-order valence-corrected chi connectivity index (χ4v) is 5.73. The van der Waals surface area contributed by atoms with Gasteiger partial charge in [0.15, 0.2) is 0 Å². The van der Waals surface area contributed by atoms with Crippen LogP contribution < -0.4 is 5.69 Å². The molecule has 2 N–H and O–H groups in total. The molecule has 5 rings (SSSR count). The highest BCUT2D eigenvalue weighted by Crippen LogP contribution is 2.30. The van der Waals surface area contributed by atoms with Crippen LogP contribution in [-0.4, -0.2) is 49.7 Å². The van der Waals surface area contributed by atoms with E-state index >= 15 is 0 Å². The van der Waals surface area contributed by atoms with Gasteiger partial charge in [0, 0.05) is 42.7 Å². The van der Waals surface area contributed by atoms with E-state index in [9.17, 15) is 14.7 Å². The number of likely N-dealkylation sites (tertiary alicyclic amines) is 1. The van der Waals surface area contributed by atoms with E-state index in [1.165, 1.54) is 11.1 Å². The molecule has 1 fully saturated rings. The smallest absolute Gasteiger partial charge is 0.407 e. The normalized spacial score (nSPS) is 17.9. The number of hydrogen-bond acceptors (Lipinski definition) is 3. The molecule has 192 valence electrons. The molecular formula is C29H31BrN4O3. The largest absolute Gasteiger partial charge is 0.465 e. The number of aromatic amines is 1. The van der Waals surface area contributed by atoms with Crippen molar-refractivity contribution >= 4 is 33.1 Å². The van der Waals surface area contributed by atoms with Gasteiger partial charge in [-0.25, -0.2) is 9.59 Å². The van der Waals surface area contributed by atoms with E-state index in [-0.39, 0.29) is 17.8 Å². The van der Waals surface area contributed by atoms with E-state index in [0.29, 0.717) is 25.8 Å². The summed E-state index contributed by atoms with van der Waals surface area (Å²) in [6.07, 6.45) is 1.05. The fraction of sp³-hybridized carbons (Fsp3) is 0.310. The van der Waals surface area contributed by atoms with Gasteiger partial charge >= 0.3 is 11.8 Å². The SMILES string of the molecule is O=C(O)N1CCC(n2c(=O)[nH]c3ccccc32)CC1CCN(Cc1ccccc1)Cc1ccc(Br)cc1. The topological polar surface area (TPSA) is 81.6 Å². The summed E-state index contributed by atoms with van der Waals surface area (Å²) >= 11 is 3.51. The molecule has 1 aliphatic heterocycles. The quantitative estimate of drug-likeness (QED) is 0.281. The number of halogens is 1. The molecule has 8 heteroatoms. The second kappa shape index (κ2) is 11.4. The van der Waals surface area contributed by atoms with Crippen LogP contribution in [0, 0.1) is 0 Å². The second-order valence-electron chi connectivity index (χ2n) is 9.74. The molecule has 4 aromatic rings. The van der Waals surface area contributed by atoms with Gasteiger partial charge in [-0.3, -0.25) is 9.47 Å². The van der Waals surface area contributed by atoms with Gasteiger partial charge < -0.3 is 15.0 Å². The maximum Gasteiger partial charge on any atom is 0.407 e. The predicted octanol–water partition coefficient (Wildman–Crippen LogP) is 5.87. The minimum atomic E-state index is -0.891. The van der Waals surface area contributed by atoms with Gasteiger partial charge in [0.05, 0.1) is 11.0 Å². The van der Waals surface area contributed by atoms with E-state index in [0.717, 1.165) is 35.1 Å². The van der Waals surface area contributed by atoms with E-state index in [1.54, 1.807) is 4.90 Å². The molecule has 0 spiro atoms. The Balaban J connectivity index is 1.35. The van der Waals surface area contributed by atoms with Crippen molar-refractivity contribution in [1.29, 1.82) is 0 Å². The Morgan fingerprint density at radius 2 is 1.65 bits per heavy atom. The summed E-state index contributed by atoms with van der Waals surface area (Å²) in [5, 5.41) is 9.95. The van der Waals surface area contributed by atoms with Crippen molar-refractivity contribution in [3.05, 3.63) is 105 Å². The maximum absolute atomic E-state index is 12.8. The van der Waals surface area contributed by atoms with Crippen LogP contribution in [0.5, 0.6) is 0 Å².